The van der Waals surface area contributed by atoms with E-state index >= 15 is 0 Å². The molecule has 5 rings (SSSR count). The SMILES string of the molecule is CC(=Cc1cc(C)c(Oc2ccc(OCc3ccc(C)cc3)cn2)c(Cl)c1)C(=O)N1CCN(Cc2ccc(C)cc2)CC1.Cl. The van der Waals surface area contributed by atoms with Crippen LogP contribution in [0.5, 0.6) is 17.4 Å². The normalized spacial score (nSPS) is 13.8. The van der Waals surface area contributed by atoms with Gasteiger partial charge in [0, 0.05) is 44.4 Å². The van der Waals surface area contributed by atoms with E-state index < -0.39 is 0 Å². The fourth-order valence-electron chi connectivity index (χ4n) is 5.06. The summed E-state index contributed by atoms with van der Waals surface area (Å²) in [7, 11) is 0. The molecule has 230 valence electrons. The molecule has 0 unspecified atom stereocenters. The third-order valence-corrected chi connectivity index (χ3v) is 7.88. The van der Waals surface area contributed by atoms with Crippen molar-refractivity contribution in [3.8, 4) is 17.4 Å². The lowest BCUT2D eigenvalue weighted by atomic mass is 10.1. The second kappa shape index (κ2) is 15.2. The van der Waals surface area contributed by atoms with Crippen molar-refractivity contribution in [2.24, 2.45) is 0 Å². The van der Waals surface area contributed by atoms with Crippen LogP contribution in [-0.2, 0) is 17.9 Å². The van der Waals surface area contributed by atoms with Crippen LogP contribution >= 0.6 is 24.0 Å². The van der Waals surface area contributed by atoms with Gasteiger partial charge >= 0.3 is 0 Å². The Morgan fingerprint density at radius 1 is 0.886 bits per heavy atom. The Labute approximate surface area is 271 Å². The van der Waals surface area contributed by atoms with Gasteiger partial charge in [0.1, 0.15) is 12.4 Å². The molecular formula is C36H39Cl2N3O3. The summed E-state index contributed by atoms with van der Waals surface area (Å²) in [6, 6.07) is 24.3. The third kappa shape index (κ3) is 8.85. The fourth-order valence-corrected chi connectivity index (χ4v) is 5.37. The predicted octanol–water partition coefficient (Wildman–Crippen LogP) is 8.20. The van der Waals surface area contributed by atoms with Crippen molar-refractivity contribution in [3.63, 3.8) is 0 Å². The van der Waals surface area contributed by atoms with Crippen LogP contribution in [0.2, 0.25) is 5.02 Å². The number of ether oxygens (including phenoxy) is 2. The molecule has 0 saturated carbocycles. The van der Waals surface area contributed by atoms with Gasteiger partial charge in [0.2, 0.25) is 11.8 Å². The van der Waals surface area contributed by atoms with E-state index in [1.807, 2.05) is 43.0 Å². The van der Waals surface area contributed by atoms with Crippen LogP contribution in [0, 0.1) is 20.8 Å². The van der Waals surface area contributed by atoms with E-state index in [0.717, 1.165) is 36.3 Å². The minimum Gasteiger partial charge on any atom is -0.487 e. The second-order valence-corrected chi connectivity index (χ2v) is 11.6. The summed E-state index contributed by atoms with van der Waals surface area (Å²) in [6.45, 7) is 12.5. The lowest BCUT2D eigenvalue weighted by Gasteiger charge is -2.35. The summed E-state index contributed by atoms with van der Waals surface area (Å²) in [5, 5.41) is 0.456. The first-order chi connectivity index (χ1) is 20.7. The maximum Gasteiger partial charge on any atom is 0.249 e. The van der Waals surface area contributed by atoms with Crippen molar-refractivity contribution >= 4 is 36.0 Å². The number of benzene rings is 3. The van der Waals surface area contributed by atoms with E-state index in [-0.39, 0.29) is 18.3 Å². The summed E-state index contributed by atoms with van der Waals surface area (Å²) < 4.78 is 11.9. The standard InChI is InChI=1S/C36H38ClN3O3.ClH/c1-25-5-9-29(10-6-25)23-39-15-17-40(18-16-39)36(41)28(4)20-31-19-27(3)35(33(37)21-31)43-34-14-13-32(22-38-34)42-24-30-11-7-26(2)8-12-30;/h5-14,19-22H,15-18,23-24H2,1-4H3;1H. The highest BCUT2D eigenvalue weighted by atomic mass is 35.5. The van der Waals surface area contributed by atoms with Gasteiger partial charge in [0.25, 0.3) is 0 Å². The van der Waals surface area contributed by atoms with Crippen LogP contribution in [0.1, 0.15) is 40.3 Å². The van der Waals surface area contributed by atoms with Crippen LogP contribution in [0.15, 0.2) is 84.6 Å². The van der Waals surface area contributed by atoms with E-state index in [1.54, 1.807) is 12.3 Å². The minimum atomic E-state index is 0. The third-order valence-electron chi connectivity index (χ3n) is 7.60. The number of pyridine rings is 1. The molecule has 1 aliphatic heterocycles. The summed E-state index contributed by atoms with van der Waals surface area (Å²) >= 11 is 6.64. The molecule has 1 saturated heterocycles. The van der Waals surface area contributed by atoms with E-state index in [4.69, 9.17) is 21.1 Å². The van der Waals surface area contributed by atoms with Gasteiger partial charge in [-0.15, -0.1) is 12.4 Å². The zero-order chi connectivity index (χ0) is 30.3. The lowest BCUT2D eigenvalue weighted by Crippen LogP contribution is -2.48. The second-order valence-electron chi connectivity index (χ2n) is 11.2. The highest BCUT2D eigenvalue weighted by Crippen LogP contribution is 2.34. The molecule has 1 aromatic heterocycles. The van der Waals surface area contributed by atoms with E-state index in [0.29, 0.717) is 47.7 Å². The topological polar surface area (TPSA) is 54.9 Å². The quantitative estimate of drug-likeness (QED) is 0.174. The number of aromatic nitrogens is 1. The lowest BCUT2D eigenvalue weighted by molar-refractivity contribution is -0.128. The van der Waals surface area contributed by atoms with Crippen molar-refractivity contribution in [3.05, 3.63) is 123 Å². The molecular weight excluding hydrogens is 593 g/mol. The Morgan fingerprint density at radius 3 is 2.11 bits per heavy atom. The number of carbonyl (C=O) groups is 1. The molecule has 3 aromatic carbocycles. The fraction of sp³-hybridized carbons (Fsp3) is 0.278. The number of hydrogen-bond acceptors (Lipinski definition) is 5. The van der Waals surface area contributed by atoms with Crippen molar-refractivity contribution in [2.45, 2.75) is 40.8 Å². The van der Waals surface area contributed by atoms with Gasteiger partial charge in [-0.3, -0.25) is 9.69 Å². The van der Waals surface area contributed by atoms with E-state index in [9.17, 15) is 4.79 Å². The van der Waals surface area contributed by atoms with E-state index in [1.165, 1.54) is 16.7 Å². The van der Waals surface area contributed by atoms with Crippen LogP contribution in [-0.4, -0.2) is 46.9 Å². The number of halogens is 2. The average Bonchev–Trinajstić information content (AvgIpc) is 3.00. The number of nitrogens with zero attached hydrogens (tertiary/aromatic N) is 3. The van der Waals surface area contributed by atoms with Crippen molar-refractivity contribution in [2.75, 3.05) is 26.2 Å². The molecule has 2 heterocycles. The number of hydrogen-bond donors (Lipinski definition) is 0. The largest absolute Gasteiger partial charge is 0.487 e. The first-order valence-electron chi connectivity index (χ1n) is 14.6. The minimum absolute atomic E-state index is 0. The molecule has 6 nitrogen and oxygen atoms in total. The Kier molecular flexibility index (Phi) is 11.5. The van der Waals surface area contributed by atoms with Crippen LogP contribution in [0.3, 0.4) is 0 Å². The Morgan fingerprint density at radius 2 is 1.52 bits per heavy atom. The van der Waals surface area contributed by atoms with Crippen molar-refractivity contribution in [1.82, 2.24) is 14.8 Å². The number of piperazine rings is 1. The molecule has 44 heavy (non-hydrogen) atoms. The molecule has 0 radical (unpaired) electrons. The average molecular weight is 633 g/mol. The van der Waals surface area contributed by atoms with Gasteiger partial charge < -0.3 is 14.4 Å². The zero-order valence-corrected chi connectivity index (χ0v) is 27.3. The monoisotopic (exact) mass is 631 g/mol. The summed E-state index contributed by atoms with van der Waals surface area (Å²) in [6.07, 6.45) is 3.53. The Balaban J connectivity index is 0.00000442. The van der Waals surface area contributed by atoms with Gasteiger partial charge in [0.15, 0.2) is 5.75 Å². The smallest absolute Gasteiger partial charge is 0.249 e. The highest BCUT2D eigenvalue weighted by Gasteiger charge is 2.22. The molecule has 0 aliphatic carbocycles. The maximum absolute atomic E-state index is 13.2. The molecule has 0 atom stereocenters. The van der Waals surface area contributed by atoms with Gasteiger partial charge in [-0.1, -0.05) is 71.3 Å². The van der Waals surface area contributed by atoms with Crippen LogP contribution < -0.4 is 9.47 Å². The summed E-state index contributed by atoms with van der Waals surface area (Å²) in [4.78, 5) is 21.9. The number of aryl methyl sites for hydroxylation is 3. The maximum atomic E-state index is 13.2. The Hall–Kier alpha value is -3.84. The van der Waals surface area contributed by atoms with Crippen molar-refractivity contribution in [1.29, 1.82) is 0 Å². The molecule has 4 aromatic rings. The molecule has 0 N–H and O–H groups in total. The zero-order valence-electron chi connectivity index (χ0n) is 25.7. The first kappa shape index (κ1) is 33.1. The number of carbonyl (C=O) groups excluding carboxylic acids is 1. The van der Waals surface area contributed by atoms with Gasteiger partial charge in [-0.05, 0) is 74.2 Å². The molecule has 1 aliphatic rings. The van der Waals surface area contributed by atoms with Gasteiger partial charge in [-0.2, -0.15) is 0 Å². The highest BCUT2D eigenvalue weighted by molar-refractivity contribution is 6.32. The summed E-state index contributed by atoms with van der Waals surface area (Å²) in [5.41, 5.74) is 7.26. The van der Waals surface area contributed by atoms with Crippen LogP contribution in [0.4, 0.5) is 0 Å². The molecule has 8 heteroatoms. The first-order valence-corrected chi connectivity index (χ1v) is 15.0. The van der Waals surface area contributed by atoms with Gasteiger partial charge in [-0.25, -0.2) is 4.98 Å². The van der Waals surface area contributed by atoms with E-state index in [2.05, 4.69) is 72.3 Å². The number of amides is 1. The molecule has 1 amide bonds. The van der Waals surface area contributed by atoms with Gasteiger partial charge in [0.05, 0.1) is 11.2 Å². The van der Waals surface area contributed by atoms with Crippen molar-refractivity contribution < 1.29 is 14.3 Å². The predicted molar refractivity (Wildman–Crippen MR) is 180 cm³/mol. The van der Waals surface area contributed by atoms with Crippen LogP contribution in [0.25, 0.3) is 6.08 Å². The summed E-state index contributed by atoms with van der Waals surface area (Å²) in [5.74, 6) is 1.67. The molecule has 0 bridgehead atoms. The Bertz CT molecular complexity index is 1560. The number of rotatable bonds is 9. The molecule has 0 spiro atoms. The molecule has 1 fully saturated rings.